The number of ether oxygens (including phenoxy) is 1. The Bertz CT molecular complexity index is 205. The lowest BCUT2D eigenvalue weighted by Crippen LogP contribution is -2.46. The topological polar surface area (TPSA) is 50.4 Å². The van der Waals surface area contributed by atoms with E-state index in [1.165, 1.54) is 0 Å². The van der Waals surface area contributed by atoms with Crippen LogP contribution in [0.5, 0.6) is 0 Å². The standard InChI is InChI=1S/C11H22N2O2/c1-11(2,3)8-15-10(14)13-9-5-4-6-12-7-9/h9,12H,4-8H2,1-3H3,(H,13,14)/t9-/m0/s1. The van der Waals surface area contributed by atoms with Crippen molar-refractivity contribution in [3.63, 3.8) is 0 Å². The van der Waals surface area contributed by atoms with E-state index in [2.05, 4.69) is 10.6 Å². The van der Waals surface area contributed by atoms with Crippen LogP contribution in [0.3, 0.4) is 0 Å². The van der Waals surface area contributed by atoms with Gasteiger partial charge in [-0.05, 0) is 24.8 Å². The molecule has 0 spiro atoms. The van der Waals surface area contributed by atoms with E-state index >= 15 is 0 Å². The smallest absolute Gasteiger partial charge is 0.407 e. The number of carbonyl (C=O) groups excluding carboxylic acids is 1. The van der Waals surface area contributed by atoms with E-state index in [1.807, 2.05) is 20.8 Å². The van der Waals surface area contributed by atoms with Crippen LogP contribution in [-0.2, 0) is 4.74 Å². The predicted molar refractivity (Wildman–Crippen MR) is 59.8 cm³/mol. The van der Waals surface area contributed by atoms with Crippen molar-refractivity contribution in [3.8, 4) is 0 Å². The summed E-state index contributed by atoms with van der Waals surface area (Å²) in [6.45, 7) is 8.49. The molecule has 1 saturated heterocycles. The number of hydrogen-bond donors (Lipinski definition) is 2. The third-order valence-corrected chi connectivity index (χ3v) is 2.26. The fourth-order valence-electron chi connectivity index (χ4n) is 1.47. The number of rotatable bonds is 2. The molecule has 1 heterocycles. The Morgan fingerprint density at radius 2 is 2.27 bits per heavy atom. The molecule has 2 N–H and O–H groups in total. The summed E-state index contributed by atoms with van der Waals surface area (Å²) in [7, 11) is 0. The molecule has 1 rings (SSSR count). The molecule has 15 heavy (non-hydrogen) atoms. The molecule has 0 aromatic rings. The minimum absolute atomic E-state index is 0.0299. The number of amides is 1. The van der Waals surface area contributed by atoms with Crippen molar-refractivity contribution in [1.29, 1.82) is 0 Å². The molecule has 0 aliphatic carbocycles. The van der Waals surface area contributed by atoms with Crippen LogP contribution in [0.2, 0.25) is 0 Å². The summed E-state index contributed by atoms with van der Waals surface area (Å²) < 4.78 is 5.13. The second-order valence-corrected chi connectivity index (χ2v) is 5.32. The Morgan fingerprint density at radius 3 is 2.80 bits per heavy atom. The maximum atomic E-state index is 11.4. The van der Waals surface area contributed by atoms with Crippen molar-refractivity contribution in [2.45, 2.75) is 39.7 Å². The monoisotopic (exact) mass is 214 g/mol. The molecule has 0 unspecified atom stereocenters. The Balaban J connectivity index is 2.17. The highest BCUT2D eigenvalue weighted by Gasteiger charge is 2.18. The van der Waals surface area contributed by atoms with E-state index in [0.717, 1.165) is 25.9 Å². The van der Waals surface area contributed by atoms with Crippen molar-refractivity contribution in [2.24, 2.45) is 5.41 Å². The first-order valence-corrected chi connectivity index (χ1v) is 5.61. The average molecular weight is 214 g/mol. The van der Waals surface area contributed by atoms with Gasteiger partial charge in [0.25, 0.3) is 0 Å². The van der Waals surface area contributed by atoms with Crippen LogP contribution in [0.25, 0.3) is 0 Å². The van der Waals surface area contributed by atoms with Gasteiger partial charge in [-0.25, -0.2) is 4.79 Å². The molecular weight excluding hydrogens is 192 g/mol. The van der Waals surface area contributed by atoms with Gasteiger partial charge in [0.1, 0.15) is 0 Å². The molecule has 4 heteroatoms. The normalized spacial score (nSPS) is 22.2. The molecule has 88 valence electrons. The highest BCUT2D eigenvalue weighted by Crippen LogP contribution is 2.12. The lowest BCUT2D eigenvalue weighted by atomic mass is 9.99. The Hall–Kier alpha value is -0.770. The number of alkyl carbamates (subject to hydrolysis) is 1. The maximum Gasteiger partial charge on any atom is 0.407 e. The predicted octanol–water partition coefficient (Wildman–Crippen LogP) is 1.51. The van der Waals surface area contributed by atoms with Crippen LogP contribution in [0.4, 0.5) is 4.79 Å². The minimum Gasteiger partial charge on any atom is -0.449 e. The van der Waals surface area contributed by atoms with Crippen LogP contribution < -0.4 is 10.6 Å². The molecule has 1 amide bonds. The highest BCUT2D eigenvalue weighted by atomic mass is 16.5. The van der Waals surface area contributed by atoms with Gasteiger partial charge in [0.2, 0.25) is 0 Å². The molecule has 1 fully saturated rings. The molecule has 4 nitrogen and oxygen atoms in total. The largest absolute Gasteiger partial charge is 0.449 e. The Labute approximate surface area is 91.8 Å². The summed E-state index contributed by atoms with van der Waals surface area (Å²) in [4.78, 5) is 11.4. The van der Waals surface area contributed by atoms with Crippen molar-refractivity contribution in [1.82, 2.24) is 10.6 Å². The molecule has 1 aliphatic rings. The van der Waals surface area contributed by atoms with Crippen molar-refractivity contribution >= 4 is 6.09 Å². The maximum absolute atomic E-state index is 11.4. The molecule has 0 aromatic carbocycles. The SMILES string of the molecule is CC(C)(C)COC(=O)N[C@H]1CCCNC1. The second-order valence-electron chi connectivity index (χ2n) is 5.32. The van der Waals surface area contributed by atoms with Crippen LogP contribution in [0.15, 0.2) is 0 Å². The quantitative estimate of drug-likeness (QED) is 0.732. The summed E-state index contributed by atoms with van der Waals surface area (Å²) in [6.07, 6.45) is 1.86. The van der Waals surface area contributed by atoms with Gasteiger partial charge < -0.3 is 15.4 Å². The third-order valence-electron chi connectivity index (χ3n) is 2.26. The zero-order valence-corrected chi connectivity index (χ0v) is 9.93. The number of nitrogens with one attached hydrogen (secondary N) is 2. The zero-order valence-electron chi connectivity index (χ0n) is 9.93. The van der Waals surface area contributed by atoms with Crippen LogP contribution in [0.1, 0.15) is 33.6 Å². The lowest BCUT2D eigenvalue weighted by Gasteiger charge is -2.24. The molecule has 0 saturated carbocycles. The molecule has 0 bridgehead atoms. The summed E-state index contributed by atoms with van der Waals surface area (Å²) in [5, 5.41) is 6.11. The van der Waals surface area contributed by atoms with Gasteiger partial charge in [-0.2, -0.15) is 0 Å². The number of piperidine rings is 1. The molecule has 1 atom stereocenters. The lowest BCUT2D eigenvalue weighted by molar-refractivity contribution is 0.102. The van der Waals surface area contributed by atoms with Crippen molar-refractivity contribution in [3.05, 3.63) is 0 Å². The van der Waals surface area contributed by atoms with Crippen LogP contribution >= 0.6 is 0 Å². The summed E-state index contributed by atoms with van der Waals surface area (Å²) >= 11 is 0. The van der Waals surface area contributed by atoms with Crippen molar-refractivity contribution < 1.29 is 9.53 Å². The van der Waals surface area contributed by atoms with E-state index in [4.69, 9.17) is 4.74 Å². The van der Waals surface area contributed by atoms with Gasteiger partial charge in [-0.15, -0.1) is 0 Å². The van der Waals surface area contributed by atoms with Gasteiger partial charge >= 0.3 is 6.09 Å². The van der Waals surface area contributed by atoms with E-state index in [-0.39, 0.29) is 17.6 Å². The highest BCUT2D eigenvalue weighted by molar-refractivity contribution is 5.67. The molecular formula is C11H22N2O2. The number of carbonyl (C=O) groups is 1. The van der Waals surface area contributed by atoms with Gasteiger partial charge in [-0.3, -0.25) is 0 Å². The second kappa shape index (κ2) is 5.35. The fourth-order valence-corrected chi connectivity index (χ4v) is 1.47. The molecule has 1 aliphatic heterocycles. The summed E-state index contributed by atoms with van der Waals surface area (Å²) in [5.74, 6) is 0. The van der Waals surface area contributed by atoms with Crippen LogP contribution in [0, 0.1) is 5.41 Å². The molecule has 0 aromatic heterocycles. The third kappa shape index (κ3) is 5.62. The van der Waals surface area contributed by atoms with E-state index in [1.54, 1.807) is 0 Å². The molecule has 0 radical (unpaired) electrons. The first kappa shape index (κ1) is 12.3. The van der Waals surface area contributed by atoms with Gasteiger partial charge in [0, 0.05) is 12.6 Å². The average Bonchev–Trinajstić information content (AvgIpc) is 2.15. The Morgan fingerprint density at radius 1 is 1.53 bits per heavy atom. The summed E-state index contributed by atoms with van der Waals surface area (Å²) in [5.41, 5.74) is 0.0299. The van der Waals surface area contributed by atoms with Gasteiger partial charge in [0.05, 0.1) is 6.61 Å². The fraction of sp³-hybridized carbons (Fsp3) is 0.909. The Kier molecular flexibility index (Phi) is 4.39. The van der Waals surface area contributed by atoms with Gasteiger partial charge in [0.15, 0.2) is 0 Å². The first-order valence-electron chi connectivity index (χ1n) is 5.61. The minimum atomic E-state index is -0.293. The number of hydrogen-bond acceptors (Lipinski definition) is 3. The van der Waals surface area contributed by atoms with E-state index in [0.29, 0.717) is 6.61 Å². The van der Waals surface area contributed by atoms with E-state index in [9.17, 15) is 4.79 Å². The first-order chi connectivity index (χ1) is 6.97. The summed E-state index contributed by atoms with van der Waals surface area (Å²) in [6, 6.07) is 0.228. The van der Waals surface area contributed by atoms with Gasteiger partial charge in [-0.1, -0.05) is 20.8 Å². The van der Waals surface area contributed by atoms with Crippen LogP contribution in [-0.4, -0.2) is 31.8 Å². The zero-order chi connectivity index (χ0) is 11.3. The van der Waals surface area contributed by atoms with E-state index < -0.39 is 0 Å². The van der Waals surface area contributed by atoms with Crippen molar-refractivity contribution in [2.75, 3.05) is 19.7 Å².